The van der Waals surface area contributed by atoms with Crippen LogP contribution in [0.25, 0.3) is 0 Å². The van der Waals surface area contributed by atoms with Crippen LogP contribution in [0.15, 0.2) is 12.7 Å². The van der Waals surface area contributed by atoms with Gasteiger partial charge in [-0.25, -0.2) is 14.5 Å². The smallest absolute Gasteiger partial charge is 0.314 e. The normalized spacial score (nSPS) is 26.0. The van der Waals surface area contributed by atoms with E-state index in [1.807, 2.05) is 9.58 Å². The van der Waals surface area contributed by atoms with Crippen LogP contribution >= 0.6 is 0 Å². The van der Waals surface area contributed by atoms with Crippen LogP contribution in [0.3, 0.4) is 0 Å². The molecule has 8 nitrogen and oxygen atoms in total. The number of hydrogen-bond acceptors (Lipinski definition) is 4. The number of rotatable bonds is 2. The molecule has 0 aromatic carbocycles. The van der Waals surface area contributed by atoms with E-state index in [1.165, 1.54) is 6.33 Å². The number of aromatic nitrogens is 3. The van der Waals surface area contributed by atoms with Gasteiger partial charge in [-0.3, -0.25) is 4.79 Å². The highest BCUT2D eigenvalue weighted by Crippen LogP contribution is 2.24. The van der Waals surface area contributed by atoms with Crippen LogP contribution in [0.2, 0.25) is 0 Å². The molecule has 22 heavy (non-hydrogen) atoms. The molecule has 2 atom stereocenters. The average Bonchev–Trinajstić information content (AvgIpc) is 3.09. The second-order valence-corrected chi connectivity index (χ2v) is 6.08. The molecule has 0 spiro atoms. The van der Waals surface area contributed by atoms with Crippen molar-refractivity contribution in [3.63, 3.8) is 0 Å². The van der Waals surface area contributed by atoms with Crippen molar-refractivity contribution in [3.8, 4) is 0 Å². The zero-order valence-corrected chi connectivity index (χ0v) is 12.6. The van der Waals surface area contributed by atoms with Crippen molar-refractivity contribution in [2.75, 3.05) is 26.2 Å². The third kappa shape index (κ3) is 3.05. The molecule has 1 aromatic rings. The molecule has 3 rings (SSSR count). The fraction of sp³-hybridized carbons (Fsp3) is 0.714. The average molecular weight is 306 g/mol. The largest absolute Gasteiger partial charge is 0.351 e. The van der Waals surface area contributed by atoms with E-state index in [0.717, 1.165) is 32.2 Å². The minimum atomic E-state index is -0.434. The number of nitrogens with zero attached hydrogens (tertiary/aromatic N) is 5. The van der Waals surface area contributed by atoms with E-state index < -0.39 is 6.03 Å². The summed E-state index contributed by atoms with van der Waals surface area (Å²) >= 11 is 0. The Bertz CT molecular complexity index is 531. The van der Waals surface area contributed by atoms with E-state index in [0.29, 0.717) is 19.6 Å². The Morgan fingerprint density at radius 3 is 2.59 bits per heavy atom. The summed E-state index contributed by atoms with van der Waals surface area (Å²) in [6.45, 7) is 2.53. The molecule has 2 aliphatic rings. The van der Waals surface area contributed by atoms with Crippen LogP contribution in [0.1, 0.15) is 31.7 Å². The molecular formula is C14H22N6O2. The van der Waals surface area contributed by atoms with Gasteiger partial charge in [0.05, 0.1) is 12.0 Å². The number of piperidine rings is 2. The van der Waals surface area contributed by atoms with Crippen LogP contribution in [0.5, 0.6) is 0 Å². The predicted molar refractivity (Wildman–Crippen MR) is 78.8 cm³/mol. The van der Waals surface area contributed by atoms with E-state index in [2.05, 4.69) is 10.1 Å². The van der Waals surface area contributed by atoms with Crippen molar-refractivity contribution in [1.82, 2.24) is 24.6 Å². The Hall–Kier alpha value is -2.12. The standard InChI is InChI=1S/C14H22N6O2/c15-14(22)19-6-1-3-11(7-19)13(21)18-5-2-4-12(8-18)20-10-16-9-17-20/h9-12H,1-8H2,(H2,15,22)/t11-,12-/m1/s1. The van der Waals surface area contributed by atoms with Crippen molar-refractivity contribution >= 4 is 11.9 Å². The first-order chi connectivity index (χ1) is 10.6. The van der Waals surface area contributed by atoms with Gasteiger partial charge in [0.15, 0.2) is 0 Å². The molecule has 3 amide bonds. The number of carbonyl (C=O) groups excluding carboxylic acids is 2. The summed E-state index contributed by atoms with van der Waals surface area (Å²) in [7, 11) is 0. The lowest BCUT2D eigenvalue weighted by molar-refractivity contribution is -0.138. The van der Waals surface area contributed by atoms with Crippen LogP contribution in [0.4, 0.5) is 4.79 Å². The maximum absolute atomic E-state index is 12.7. The molecule has 2 aliphatic heterocycles. The maximum Gasteiger partial charge on any atom is 0.314 e. The second kappa shape index (κ2) is 6.33. The van der Waals surface area contributed by atoms with E-state index in [9.17, 15) is 9.59 Å². The molecule has 120 valence electrons. The van der Waals surface area contributed by atoms with Crippen LogP contribution in [-0.2, 0) is 4.79 Å². The van der Waals surface area contributed by atoms with Gasteiger partial charge in [0.1, 0.15) is 12.7 Å². The molecular weight excluding hydrogens is 284 g/mol. The number of carbonyl (C=O) groups is 2. The van der Waals surface area contributed by atoms with Crippen molar-refractivity contribution < 1.29 is 9.59 Å². The molecule has 2 fully saturated rings. The van der Waals surface area contributed by atoms with E-state index in [-0.39, 0.29) is 17.9 Å². The molecule has 0 aliphatic carbocycles. The van der Waals surface area contributed by atoms with E-state index in [1.54, 1.807) is 11.2 Å². The van der Waals surface area contributed by atoms with Crippen molar-refractivity contribution in [3.05, 3.63) is 12.7 Å². The zero-order chi connectivity index (χ0) is 15.5. The summed E-state index contributed by atoms with van der Waals surface area (Å²) in [5, 5.41) is 4.18. The Morgan fingerprint density at radius 1 is 1.09 bits per heavy atom. The minimum absolute atomic E-state index is 0.129. The molecule has 0 bridgehead atoms. The van der Waals surface area contributed by atoms with Crippen molar-refractivity contribution in [2.45, 2.75) is 31.7 Å². The van der Waals surface area contributed by atoms with Gasteiger partial charge in [0, 0.05) is 26.2 Å². The van der Waals surface area contributed by atoms with Crippen molar-refractivity contribution in [1.29, 1.82) is 0 Å². The first kappa shape index (κ1) is 14.8. The Kier molecular flexibility index (Phi) is 4.26. The summed E-state index contributed by atoms with van der Waals surface area (Å²) in [4.78, 5) is 31.5. The lowest BCUT2D eigenvalue weighted by Crippen LogP contribution is -2.50. The Balaban J connectivity index is 1.63. The number of hydrogen-bond donors (Lipinski definition) is 1. The SMILES string of the molecule is NC(=O)N1CCC[C@@H](C(=O)N2CCC[C@@H](n3cncn3)C2)C1. The number of nitrogens with two attached hydrogens (primary N) is 1. The van der Waals surface area contributed by atoms with Gasteiger partial charge in [-0.1, -0.05) is 0 Å². The van der Waals surface area contributed by atoms with Gasteiger partial charge < -0.3 is 15.5 Å². The number of likely N-dealkylation sites (tertiary alicyclic amines) is 2. The number of amides is 3. The summed E-state index contributed by atoms with van der Waals surface area (Å²) in [5.74, 6) is 0.00603. The number of primary amides is 1. The fourth-order valence-electron chi connectivity index (χ4n) is 3.41. The molecule has 0 saturated carbocycles. The summed E-state index contributed by atoms with van der Waals surface area (Å²) in [5.41, 5.74) is 5.34. The summed E-state index contributed by atoms with van der Waals surface area (Å²) in [6, 6.07) is -0.243. The van der Waals surface area contributed by atoms with Crippen LogP contribution < -0.4 is 5.73 Å². The van der Waals surface area contributed by atoms with Crippen molar-refractivity contribution in [2.24, 2.45) is 11.7 Å². The van der Waals surface area contributed by atoms with Gasteiger partial charge in [-0.15, -0.1) is 0 Å². The van der Waals surface area contributed by atoms with E-state index >= 15 is 0 Å². The quantitative estimate of drug-likeness (QED) is 0.846. The van der Waals surface area contributed by atoms with Crippen LogP contribution in [0, 0.1) is 5.92 Å². The third-order valence-corrected chi connectivity index (χ3v) is 4.60. The predicted octanol–water partition coefficient (Wildman–Crippen LogP) is 0.232. The summed E-state index contributed by atoms with van der Waals surface area (Å²) < 4.78 is 1.83. The van der Waals surface area contributed by atoms with Gasteiger partial charge >= 0.3 is 6.03 Å². The van der Waals surface area contributed by atoms with Crippen LogP contribution in [-0.4, -0.2) is 62.7 Å². The fourth-order valence-corrected chi connectivity index (χ4v) is 3.41. The highest BCUT2D eigenvalue weighted by molar-refractivity contribution is 5.80. The molecule has 0 radical (unpaired) electrons. The lowest BCUT2D eigenvalue weighted by Gasteiger charge is -2.37. The first-order valence-electron chi connectivity index (χ1n) is 7.82. The van der Waals surface area contributed by atoms with Gasteiger partial charge in [0.2, 0.25) is 5.91 Å². The van der Waals surface area contributed by atoms with E-state index in [4.69, 9.17) is 5.73 Å². The Labute approximate surface area is 129 Å². The molecule has 8 heteroatoms. The lowest BCUT2D eigenvalue weighted by atomic mass is 9.95. The number of urea groups is 1. The molecule has 0 unspecified atom stereocenters. The molecule has 2 N–H and O–H groups in total. The summed E-state index contributed by atoms with van der Waals surface area (Å²) in [6.07, 6.45) is 6.85. The molecule has 1 aromatic heterocycles. The van der Waals surface area contributed by atoms with Gasteiger partial charge in [-0.2, -0.15) is 5.10 Å². The topological polar surface area (TPSA) is 97.3 Å². The maximum atomic E-state index is 12.7. The third-order valence-electron chi connectivity index (χ3n) is 4.60. The molecule has 3 heterocycles. The molecule has 2 saturated heterocycles. The highest BCUT2D eigenvalue weighted by atomic mass is 16.2. The minimum Gasteiger partial charge on any atom is -0.351 e. The first-order valence-corrected chi connectivity index (χ1v) is 7.82. The second-order valence-electron chi connectivity index (χ2n) is 6.08. The monoisotopic (exact) mass is 306 g/mol. The highest BCUT2D eigenvalue weighted by Gasteiger charge is 2.33. The van der Waals surface area contributed by atoms with Gasteiger partial charge in [0.25, 0.3) is 0 Å². The zero-order valence-electron chi connectivity index (χ0n) is 12.6. The Morgan fingerprint density at radius 2 is 1.86 bits per heavy atom. The van der Waals surface area contributed by atoms with Gasteiger partial charge in [-0.05, 0) is 25.7 Å².